The van der Waals surface area contributed by atoms with Crippen LogP contribution in [0.4, 0.5) is 0 Å². The van der Waals surface area contributed by atoms with Crippen LogP contribution < -0.4 is 0 Å². The Labute approximate surface area is 120 Å². The summed E-state index contributed by atoms with van der Waals surface area (Å²) in [5, 5.41) is 3.26. The van der Waals surface area contributed by atoms with Crippen LogP contribution in [0.25, 0.3) is 0 Å². The molecule has 0 aromatic carbocycles. The summed E-state index contributed by atoms with van der Waals surface area (Å²) in [5.74, 6) is 0. The fraction of sp³-hybridized carbons (Fsp3) is 0.667. The molecule has 2 atom stereocenters. The van der Waals surface area contributed by atoms with Crippen molar-refractivity contribution in [2.24, 2.45) is 0 Å². The largest absolute Gasteiger partial charge is 0.368 e. The number of hydrogen-bond donors (Lipinski definition) is 0. The molecule has 1 aliphatic heterocycles. The Balaban J connectivity index is 2.09. The lowest BCUT2D eigenvalue weighted by Crippen LogP contribution is -2.42. The van der Waals surface area contributed by atoms with Gasteiger partial charge in [0, 0.05) is 29.9 Å². The smallest absolute Gasteiger partial charge is 0.123 e. The third kappa shape index (κ3) is 3.44. The highest BCUT2D eigenvalue weighted by Crippen LogP contribution is 2.30. The highest BCUT2D eigenvalue weighted by molar-refractivity contribution is 7.09. The third-order valence-corrected chi connectivity index (χ3v) is 4.52. The molecule has 3 nitrogen and oxygen atoms in total. The molecule has 0 spiro atoms. The number of morpholine rings is 1. The standard InChI is InChI=1S/C15H24N2OS/c1-6-11(2)17-7-8-18-12(9-17)14-16-13(10-19-14)15(3,4)5/h6,10-12H,1,7-9H2,2-5H3/t11-,12+/m0/s1. The normalized spacial score (nSPS) is 23.3. The number of rotatable bonds is 3. The van der Waals surface area contributed by atoms with Gasteiger partial charge in [0.2, 0.25) is 0 Å². The van der Waals surface area contributed by atoms with Crippen molar-refractivity contribution in [2.75, 3.05) is 19.7 Å². The quantitative estimate of drug-likeness (QED) is 0.794. The Morgan fingerprint density at radius 2 is 2.32 bits per heavy atom. The van der Waals surface area contributed by atoms with Crippen molar-refractivity contribution in [1.82, 2.24) is 9.88 Å². The van der Waals surface area contributed by atoms with Gasteiger partial charge in [-0.05, 0) is 6.92 Å². The number of ether oxygens (including phenoxy) is 1. The van der Waals surface area contributed by atoms with E-state index in [0.29, 0.717) is 6.04 Å². The molecule has 0 saturated carbocycles. The van der Waals surface area contributed by atoms with E-state index < -0.39 is 0 Å². The maximum atomic E-state index is 5.89. The molecule has 1 aromatic heterocycles. The van der Waals surface area contributed by atoms with Gasteiger partial charge in [-0.25, -0.2) is 4.98 Å². The van der Waals surface area contributed by atoms with Crippen molar-refractivity contribution >= 4 is 11.3 Å². The van der Waals surface area contributed by atoms with Gasteiger partial charge in [0.15, 0.2) is 0 Å². The van der Waals surface area contributed by atoms with Crippen LogP contribution in [0.1, 0.15) is 44.5 Å². The minimum Gasteiger partial charge on any atom is -0.368 e. The monoisotopic (exact) mass is 280 g/mol. The van der Waals surface area contributed by atoms with Gasteiger partial charge < -0.3 is 4.74 Å². The molecule has 1 fully saturated rings. The van der Waals surface area contributed by atoms with Crippen LogP contribution in [-0.4, -0.2) is 35.6 Å². The summed E-state index contributed by atoms with van der Waals surface area (Å²) in [6.07, 6.45) is 2.10. The van der Waals surface area contributed by atoms with E-state index in [4.69, 9.17) is 9.72 Å². The first kappa shape index (κ1) is 14.7. The van der Waals surface area contributed by atoms with Crippen LogP contribution in [0.5, 0.6) is 0 Å². The molecule has 19 heavy (non-hydrogen) atoms. The van der Waals surface area contributed by atoms with E-state index in [9.17, 15) is 0 Å². The molecule has 2 heterocycles. The van der Waals surface area contributed by atoms with Crippen molar-refractivity contribution < 1.29 is 4.74 Å². The highest BCUT2D eigenvalue weighted by Gasteiger charge is 2.27. The van der Waals surface area contributed by atoms with Gasteiger partial charge in [-0.1, -0.05) is 26.8 Å². The number of aromatic nitrogens is 1. The van der Waals surface area contributed by atoms with E-state index in [0.717, 1.165) is 30.4 Å². The van der Waals surface area contributed by atoms with Crippen LogP contribution in [0.15, 0.2) is 18.0 Å². The zero-order chi connectivity index (χ0) is 14.0. The molecule has 4 heteroatoms. The molecular weight excluding hydrogens is 256 g/mol. The number of thiazole rings is 1. The van der Waals surface area contributed by atoms with Crippen LogP contribution in [0.2, 0.25) is 0 Å². The molecule has 1 saturated heterocycles. The van der Waals surface area contributed by atoms with Crippen LogP contribution in [0.3, 0.4) is 0 Å². The lowest BCUT2D eigenvalue weighted by molar-refractivity contribution is -0.0368. The van der Waals surface area contributed by atoms with E-state index in [-0.39, 0.29) is 11.5 Å². The predicted octanol–water partition coefficient (Wildman–Crippen LogP) is 3.39. The van der Waals surface area contributed by atoms with Gasteiger partial charge in [0.1, 0.15) is 11.1 Å². The van der Waals surface area contributed by atoms with Gasteiger partial charge in [-0.2, -0.15) is 0 Å². The summed E-state index contributed by atoms with van der Waals surface area (Å²) in [5.41, 5.74) is 1.27. The topological polar surface area (TPSA) is 25.4 Å². The van der Waals surface area contributed by atoms with Crippen LogP contribution >= 0.6 is 11.3 Å². The van der Waals surface area contributed by atoms with Gasteiger partial charge >= 0.3 is 0 Å². The van der Waals surface area contributed by atoms with Gasteiger partial charge in [-0.15, -0.1) is 17.9 Å². The second-order valence-electron chi connectivity index (χ2n) is 6.15. The summed E-state index contributed by atoms with van der Waals surface area (Å²) in [7, 11) is 0. The molecular formula is C15H24N2OS. The SMILES string of the molecule is C=C[C@H](C)N1CCO[C@@H](c2nc(C(C)(C)C)cs2)C1. The Morgan fingerprint density at radius 1 is 1.58 bits per heavy atom. The van der Waals surface area contributed by atoms with E-state index in [2.05, 4.69) is 44.6 Å². The first-order valence-electron chi connectivity index (χ1n) is 6.86. The Bertz CT molecular complexity index is 436. The predicted molar refractivity (Wildman–Crippen MR) is 80.7 cm³/mol. The zero-order valence-electron chi connectivity index (χ0n) is 12.3. The molecule has 1 aromatic rings. The molecule has 1 aliphatic rings. The van der Waals surface area contributed by atoms with Gasteiger partial charge in [0.25, 0.3) is 0 Å². The van der Waals surface area contributed by atoms with E-state index in [1.165, 1.54) is 0 Å². The van der Waals surface area contributed by atoms with Crippen molar-refractivity contribution in [3.05, 3.63) is 28.7 Å². The first-order chi connectivity index (χ1) is 8.91. The summed E-state index contributed by atoms with van der Waals surface area (Å²) in [4.78, 5) is 7.17. The fourth-order valence-electron chi connectivity index (χ4n) is 2.12. The molecule has 0 unspecified atom stereocenters. The summed E-state index contributed by atoms with van der Waals surface area (Å²) >= 11 is 1.72. The van der Waals surface area contributed by atoms with E-state index >= 15 is 0 Å². The maximum Gasteiger partial charge on any atom is 0.123 e. The lowest BCUT2D eigenvalue weighted by atomic mass is 9.93. The first-order valence-corrected chi connectivity index (χ1v) is 7.74. The van der Waals surface area contributed by atoms with Crippen molar-refractivity contribution in [1.29, 1.82) is 0 Å². The second-order valence-corrected chi connectivity index (χ2v) is 7.04. The number of nitrogens with zero attached hydrogens (tertiary/aromatic N) is 2. The Kier molecular flexibility index (Phi) is 4.43. The fourth-order valence-corrected chi connectivity index (χ4v) is 3.20. The number of hydrogen-bond acceptors (Lipinski definition) is 4. The zero-order valence-corrected chi connectivity index (χ0v) is 13.2. The average Bonchev–Trinajstić information content (AvgIpc) is 2.87. The summed E-state index contributed by atoms with van der Waals surface area (Å²) < 4.78 is 5.89. The van der Waals surface area contributed by atoms with E-state index in [1.54, 1.807) is 11.3 Å². The van der Waals surface area contributed by atoms with E-state index in [1.807, 2.05) is 6.08 Å². The average molecular weight is 280 g/mol. The maximum absolute atomic E-state index is 5.89. The third-order valence-electron chi connectivity index (χ3n) is 3.58. The second kappa shape index (κ2) is 5.73. The Hall–Kier alpha value is -0.710. The van der Waals surface area contributed by atoms with Gasteiger partial charge in [0.05, 0.1) is 12.3 Å². The van der Waals surface area contributed by atoms with Crippen molar-refractivity contribution in [3.8, 4) is 0 Å². The van der Waals surface area contributed by atoms with Crippen molar-refractivity contribution in [3.63, 3.8) is 0 Å². The summed E-state index contributed by atoms with van der Waals surface area (Å²) in [6.45, 7) is 15.3. The minimum absolute atomic E-state index is 0.109. The van der Waals surface area contributed by atoms with Crippen LogP contribution in [-0.2, 0) is 10.2 Å². The van der Waals surface area contributed by atoms with Crippen molar-refractivity contribution in [2.45, 2.75) is 45.3 Å². The Morgan fingerprint density at radius 3 is 2.89 bits per heavy atom. The molecule has 2 rings (SSSR count). The molecule has 0 aliphatic carbocycles. The molecule has 0 radical (unpaired) electrons. The molecule has 0 amide bonds. The molecule has 106 valence electrons. The van der Waals surface area contributed by atoms with Crippen LogP contribution in [0, 0.1) is 0 Å². The minimum atomic E-state index is 0.109. The molecule has 0 bridgehead atoms. The van der Waals surface area contributed by atoms with Gasteiger partial charge in [-0.3, -0.25) is 4.90 Å². The lowest BCUT2D eigenvalue weighted by Gasteiger charge is -2.34. The highest BCUT2D eigenvalue weighted by atomic mass is 32.1. The summed E-state index contributed by atoms with van der Waals surface area (Å²) in [6, 6.07) is 0.397. The molecule has 0 N–H and O–H groups in total.